The van der Waals surface area contributed by atoms with Crippen LogP contribution in [-0.2, 0) is 4.79 Å². The number of halogens is 1. The Kier molecular flexibility index (Phi) is 9.35. The van der Waals surface area contributed by atoms with Gasteiger partial charge in [-0.15, -0.1) is 0 Å². The van der Waals surface area contributed by atoms with Crippen LogP contribution in [-0.4, -0.2) is 54.3 Å². The fourth-order valence-electron chi connectivity index (χ4n) is 6.72. The molecule has 2 aliphatic rings. The SMILES string of the molecule is COc1cc(C(=O)N2c3ccccc3NC3=C(C(=O)C[C@H](c4cc(OC)c(OC)c(OC)c4)C3)[C@H]2c2cccc(F)c2)cc(OC)c1OC. The summed E-state index contributed by atoms with van der Waals surface area (Å²) in [5.41, 5.74) is 3.57. The molecule has 11 heteroatoms. The minimum absolute atomic E-state index is 0.119. The third kappa shape index (κ3) is 5.96. The maximum Gasteiger partial charge on any atom is 0.259 e. The van der Waals surface area contributed by atoms with Crippen molar-refractivity contribution in [2.75, 3.05) is 52.9 Å². The highest BCUT2D eigenvalue weighted by molar-refractivity contribution is 6.12. The summed E-state index contributed by atoms with van der Waals surface area (Å²) in [6.45, 7) is 0. The third-order valence-corrected chi connectivity index (χ3v) is 8.94. The van der Waals surface area contributed by atoms with Gasteiger partial charge in [0.2, 0.25) is 11.5 Å². The second kappa shape index (κ2) is 13.8. The van der Waals surface area contributed by atoms with Gasteiger partial charge in [-0.05, 0) is 72.0 Å². The maximum absolute atomic E-state index is 15.0. The Morgan fingerprint density at radius 2 is 1.31 bits per heavy atom. The highest BCUT2D eigenvalue weighted by Crippen LogP contribution is 2.50. The van der Waals surface area contributed by atoms with Crippen LogP contribution >= 0.6 is 0 Å². The maximum atomic E-state index is 15.0. The van der Waals surface area contributed by atoms with Crippen molar-refractivity contribution in [3.05, 3.63) is 107 Å². The Morgan fingerprint density at radius 1 is 0.714 bits per heavy atom. The molecule has 0 saturated heterocycles. The number of ketones is 1. The quantitative estimate of drug-likeness (QED) is 0.200. The number of carbonyl (C=O) groups is 2. The van der Waals surface area contributed by atoms with Gasteiger partial charge in [0.15, 0.2) is 28.8 Å². The molecule has 1 N–H and O–H groups in total. The Labute approximate surface area is 283 Å². The lowest BCUT2D eigenvalue weighted by molar-refractivity contribution is -0.116. The molecule has 1 aliphatic heterocycles. The summed E-state index contributed by atoms with van der Waals surface area (Å²) >= 11 is 0. The van der Waals surface area contributed by atoms with Crippen LogP contribution in [0.3, 0.4) is 0 Å². The van der Waals surface area contributed by atoms with Crippen LogP contribution < -0.4 is 38.6 Å². The van der Waals surface area contributed by atoms with Gasteiger partial charge < -0.3 is 33.7 Å². The molecule has 1 heterocycles. The van der Waals surface area contributed by atoms with Crippen LogP contribution in [0.5, 0.6) is 34.5 Å². The number of benzene rings is 4. The van der Waals surface area contributed by atoms with Crippen LogP contribution in [0.15, 0.2) is 84.1 Å². The van der Waals surface area contributed by atoms with E-state index in [1.807, 2.05) is 30.3 Å². The number of fused-ring (bicyclic) bond motifs is 1. The van der Waals surface area contributed by atoms with Gasteiger partial charge in [0.25, 0.3) is 5.91 Å². The zero-order chi connectivity index (χ0) is 34.8. The Morgan fingerprint density at radius 3 is 1.88 bits per heavy atom. The summed E-state index contributed by atoms with van der Waals surface area (Å²) in [5, 5.41) is 3.50. The number of nitrogens with zero attached hydrogens (tertiary/aromatic N) is 1. The molecule has 0 spiro atoms. The molecule has 1 amide bonds. The van der Waals surface area contributed by atoms with E-state index in [4.69, 9.17) is 28.4 Å². The predicted molar refractivity (Wildman–Crippen MR) is 182 cm³/mol. The van der Waals surface area contributed by atoms with E-state index in [2.05, 4.69) is 5.32 Å². The number of allylic oxidation sites excluding steroid dienone is 1. The van der Waals surface area contributed by atoms with E-state index < -0.39 is 17.8 Å². The molecule has 254 valence electrons. The number of ether oxygens (including phenoxy) is 6. The fourth-order valence-corrected chi connectivity index (χ4v) is 6.72. The van der Waals surface area contributed by atoms with Crippen molar-refractivity contribution in [3.8, 4) is 34.5 Å². The second-order valence-corrected chi connectivity index (χ2v) is 11.6. The molecule has 0 bridgehead atoms. The minimum atomic E-state index is -0.984. The third-order valence-electron chi connectivity index (χ3n) is 8.94. The number of anilines is 2. The van der Waals surface area contributed by atoms with E-state index >= 15 is 0 Å². The van der Waals surface area contributed by atoms with Crippen molar-refractivity contribution in [3.63, 3.8) is 0 Å². The molecule has 0 aromatic heterocycles. The van der Waals surface area contributed by atoms with Gasteiger partial charge in [-0.25, -0.2) is 4.39 Å². The lowest BCUT2D eigenvalue weighted by Crippen LogP contribution is -2.38. The number of para-hydroxylation sites is 2. The molecule has 10 nitrogen and oxygen atoms in total. The summed E-state index contributed by atoms with van der Waals surface area (Å²) in [6.07, 6.45) is 0.527. The van der Waals surface area contributed by atoms with Gasteiger partial charge >= 0.3 is 0 Å². The largest absolute Gasteiger partial charge is 0.493 e. The number of methoxy groups -OCH3 is 6. The molecule has 2 atom stereocenters. The lowest BCUT2D eigenvalue weighted by Gasteiger charge is -2.35. The van der Waals surface area contributed by atoms with E-state index in [0.717, 1.165) is 5.56 Å². The smallest absolute Gasteiger partial charge is 0.259 e. The van der Waals surface area contributed by atoms with Gasteiger partial charge in [0.05, 0.1) is 60.1 Å². The molecule has 4 aromatic rings. The number of nitrogens with one attached hydrogen (secondary N) is 1. The lowest BCUT2D eigenvalue weighted by atomic mass is 9.78. The van der Waals surface area contributed by atoms with Crippen LogP contribution in [0, 0.1) is 5.82 Å². The van der Waals surface area contributed by atoms with Crippen molar-refractivity contribution in [2.45, 2.75) is 24.8 Å². The Hall–Kier alpha value is -5.71. The van der Waals surface area contributed by atoms with Crippen molar-refractivity contribution in [1.82, 2.24) is 0 Å². The van der Waals surface area contributed by atoms with Crippen molar-refractivity contribution in [2.24, 2.45) is 0 Å². The summed E-state index contributed by atoms with van der Waals surface area (Å²) in [6, 6.07) is 19.1. The van der Waals surface area contributed by atoms with E-state index in [1.165, 1.54) is 45.5 Å². The number of hydrogen-bond donors (Lipinski definition) is 1. The molecule has 0 radical (unpaired) electrons. The Balaban J connectivity index is 1.55. The molecular formula is C38H37FN2O8. The van der Waals surface area contributed by atoms with E-state index in [-0.39, 0.29) is 35.2 Å². The zero-order valence-electron chi connectivity index (χ0n) is 28.1. The summed E-state index contributed by atoms with van der Waals surface area (Å²) < 4.78 is 48.3. The molecule has 1 aliphatic carbocycles. The van der Waals surface area contributed by atoms with Gasteiger partial charge in [-0.2, -0.15) is 0 Å². The first-order valence-corrected chi connectivity index (χ1v) is 15.6. The standard InChI is InChI=1S/C38H37FN2O8/c1-44-30-17-23(18-31(45-2)36(30)48-5)22-15-27-34(29(42)16-22)35(21-10-9-11-25(39)14-21)41(28-13-8-7-12-26(28)40-27)38(43)24-19-32(46-3)37(49-6)33(20-24)47-4/h7-14,17-20,22,35,40H,15-16H2,1-6H3/t22-,35-/m1/s1. The normalized spacial score (nSPS) is 16.9. The predicted octanol–water partition coefficient (Wildman–Crippen LogP) is 7.09. The van der Waals surface area contributed by atoms with Gasteiger partial charge in [0, 0.05) is 23.3 Å². The van der Waals surface area contributed by atoms with Crippen LogP contribution in [0.1, 0.15) is 46.3 Å². The first-order chi connectivity index (χ1) is 23.8. The number of amides is 1. The van der Waals surface area contributed by atoms with Crippen LogP contribution in [0.25, 0.3) is 0 Å². The zero-order valence-corrected chi connectivity index (χ0v) is 28.1. The molecule has 0 fully saturated rings. The van der Waals surface area contributed by atoms with E-state index in [0.29, 0.717) is 57.6 Å². The number of carbonyl (C=O) groups excluding carboxylic acids is 2. The summed E-state index contributed by atoms with van der Waals surface area (Å²) in [5.74, 6) is 0.871. The van der Waals surface area contributed by atoms with Crippen LogP contribution in [0.2, 0.25) is 0 Å². The topological polar surface area (TPSA) is 105 Å². The highest BCUT2D eigenvalue weighted by atomic mass is 19.1. The molecule has 0 unspecified atom stereocenters. The molecular weight excluding hydrogens is 631 g/mol. The number of Topliss-reactive ketones (excluding diaryl/α,β-unsaturated/α-hetero) is 1. The minimum Gasteiger partial charge on any atom is -0.493 e. The van der Waals surface area contributed by atoms with Crippen molar-refractivity contribution in [1.29, 1.82) is 0 Å². The van der Waals surface area contributed by atoms with Gasteiger partial charge in [0.1, 0.15) is 5.82 Å². The molecule has 0 saturated carbocycles. The molecule has 4 aromatic carbocycles. The Bertz CT molecular complexity index is 1910. The van der Waals surface area contributed by atoms with Gasteiger partial charge in [-0.3, -0.25) is 14.5 Å². The summed E-state index contributed by atoms with van der Waals surface area (Å²) in [4.78, 5) is 30.9. The summed E-state index contributed by atoms with van der Waals surface area (Å²) in [7, 11) is 9.03. The van der Waals surface area contributed by atoms with Gasteiger partial charge in [-0.1, -0.05) is 24.3 Å². The number of hydrogen-bond acceptors (Lipinski definition) is 9. The highest BCUT2D eigenvalue weighted by Gasteiger charge is 2.42. The molecule has 49 heavy (non-hydrogen) atoms. The second-order valence-electron chi connectivity index (χ2n) is 11.6. The van der Waals surface area contributed by atoms with Crippen LogP contribution in [0.4, 0.5) is 15.8 Å². The number of rotatable bonds is 9. The average molecular weight is 669 g/mol. The fraction of sp³-hybridized carbons (Fsp3) is 0.263. The van der Waals surface area contributed by atoms with Crippen molar-refractivity contribution < 1.29 is 42.4 Å². The van der Waals surface area contributed by atoms with E-state index in [9.17, 15) is 14.0 Å². The average Bonchev–Trinajstić information content (AvgIpc) is 3.27. The first kappa shape index (κ1) is 33.2. The van der Waals surface area contributed by atoms with E-state index in [1.54, 1.807) is 44.6 Å². The molecule has 6 rings (SSSR count). The van der Waals surface area contributed by atoms with Crippen molar-refractivity contribution >= 4 is 23.1 Å². The first-order valence-electron chi connectivity index (χ1n) is 15.6. The monoisotopic (exact) mass is 668 g/mol.